The molecule has 1 aromatic carbocycles. The fourth-order valence-corrected chi connectivity index (χ4v) is 2.23. The molecule has 0 aliphatic carbocycles. The van der Waals surface area contributed by atoms with Crippen LogP contribution in [0.2, 0.25) is 0 Å². The van der Waals surface area contributed by atoms with Crippen LogP contribution in [0.5, 0.6) is 0 Å². The molecule has 1 heterocycles. The molecule has 0 saturated carbocycles. The summed E-state index contributed by atoms with van der Waals surface area (Å²) in [5, 5.41) is 6.31. The van der Waals surface area contributed by atoms with Crippen molar-refractivity contribution in [3.63, 3.8) is 0 Å². The molecule has 2 N–H and O–H groups in total. The van der Waals surface area contributed by atoms with Gasteiger partial charge in [0.15, 0.2) is 0 Å². The van der Waals surface area contributed by atoms with Gasteiger partial charge in [0.05, 0.1) is 0 Å². The van der Waals surface area contributed by atoms with E-state index in [1.165, 1.54) is 11.1 Å². The van der Waals surface area contributed by atoms with Crippen LogP contribution in [-0.4, -0.2) is 44.5 Å². The van der Waals surface area contributed by atoms with E-state index in [1.54, 1.807) is 0 Å². The first-order chi connectivity index (χ1) is 8.68. The van der Waals surface area contributed by atoms with Crippen LogP contribution in [0.3, 0.4) is 0 Å². The summed E-state index contributed by atoms with van der Waals surface area (Å²) in [5.41, 5.74) is 3.30. The van der Waals surface area contributed by atoms with Gasteiger partial charge in [-0.05, 0) is 44.3 Å². The summed E-state index contributed by atoms with van der Waals surface area (Å²) in [6.45, 7) is 3.37. The van der Waals surface area contributed by atoms with Crippen molar-refractivity contribution in [3.05, 3.63) is 34.9 Å². The van der Waals surface area contributed by atoms with Crippen molar-refractivity contribution >= 4 is 5.91 Å². The summed E-state index contributed by atoms with van der Waals surface area (Å²) in [6, 6.07) is 5.99. The number of benzene rings is 1. The fourth-order valence-electron chi connectivity index (χ4n) is 2.23. The second-order valence-corrected chi connectivity index (χ2v) is 4.93. The van der Waals surface area contributed by atoms with Crippen LogP contribution in [0.15, 0.2) is 18.2 Å². The second-order valence-electron chi connectivity index (χ2n) is 4.93. The van der Waals surface area contributed by atoms with Crippen molar-refractivity contribution in [2.24, 2.45) is 0 Å². The van der Waals surface area contributed by atoms with Gasteiger partial charge in [-0.15, -0.1) is 0 Å². The Labute approximate surface area is 108 Å². The van der Waals surface area contributed by atoms with E-state index in [-0.39, 0.29) is 5.91 Å². The molecule has 0 aromatic heterocycles. The molecular formula is C14H21N3O. The summed E-state index contributed by atoms with van der Waals surface area (Å²) in [7, 11) is 4.00. The maximum atomic E-state index is 12.1. The summed E-state index contributed by atoms with van der Waals surface area (Å²) in [6.07, 6.45) is 0.937. The van der Waals surface area contributed by atoms with E-state index < -0.39 is 0 Å². The van der Waals surface area contributed by atoms with E-state index in [4.69, 9.17) is 0 Å². The molecule has 0 unspecified atom stereocenters. The molecule has 1 amide bonds. The fraction of sp³-hybridized carbons (Fsp3) is 0.500. The van der Waals surface area contributed by atoms with Crippen molar-refractivity contribution in [1.82, 2.24) is 15.5 Å². The SMILES string of the molecule is CN(C)CCNC(=O)c1cccc2c1CCNC2. The van der Waals surface area contributed by atoms with Gasteiger partial charge in [-0.3, -0.25) is 4.79 Å². The van der Waals surface area contributed by atoms with E-state index in [9.17, 15) is 4.79 Å². The van der Waals surface area contributed by atoms with Gasteiger partial charge in [-0.25, -0.2) is 0 Å². The van der Waals surface area contributed by atoms with Crippen molar-refractivity contribution in [1.29, 1.82) is 0 Å². The number of carbonyl (C=O) groups is 1. The van der Waals surface area contributed by atoms with Crippen LogP contribution in [-0.2, 0) is 13.0 Å². The first-order valence-electron chi connectivity index (χ1n) is 6.43. The highest BCUT2D eigenvalue weighted by Crippen LogP contribution is 2.18. The molecule has 0 bridgehead atoms. The standard InChI is InChI=1S/C14H21N3O/c1-17(2)9-8-16-14(18)13-5-3-4-11-10-15-7-6-12(11)13/h3-5,15H,6-10H2,1-2H3,(H,16,18). The molecule has 1 aromatic rings. The third kappa shape index (κ3) is 3.09. The Morgan fingerprint density at radius 2 is 2.28 bits per heavy atom. The molecule has 2 rings (SSSR count). The zero-order chi connectivity index (χ0) is 13.0. The number of hydrogen-bond donors (Lipinski definition) is 2. The van der Waals surface area contributed by atoms with E-state index in [0.717, 1.165) is 31.6 Å². The van der Waals surface area contributed by atoms with Gasteiger partial charge in [0.25, 0.3) is 5.91 Å². The summed E-state index contributed by atoms with van der Waals surface area (Å²) in [5.74, 6) is 0.0515. The van der Waals surface area contributed by atoms with Gasteiger partial charge in [0.1, 0.15) is 0 Å². The lowest BCUT2D eigenvalue weighted by Gasteiger charge is -2.20. The van der Waals surface area contributed by atoms with Gasteiger partial charge in [-0.2, -0.15) is 0 Å². The monoisotopic (exact) mass is 247 g/mol. The molecule has 0 saturated heterocycles. The Morgan fingerprint density at radius 1 is 1.44 bits per heavy atom. The molecule has 0 fully saturated rings. The Hall–Kier alpha value is -1.39. The van der Waals surface area contributed by atoms with E-state index in [1.807, 2.05) is 26.2 Å². The number of fused-ring (bicyclic) bond motifs is 1. The minimum Gasteiger partial charge on any atom is -0.351 e. The Kier molecular flexibility index (Phi) is 4.33. The second kappa shape index (κ2) is 5.98. The van der Waals surface area contributed by atoms with Crippen molar-refractivity contribution < 1.29 is 4.79 Å². The van der Waals surface area contributed by atoms with Gasteiger partial charge < -0.3 is 15.5 Å². The van der Waals surface area contributed by atoms with Crippen LogP contribution >= 0.6 is 0 Å². The Bertz CT molecular complexity index is 429. The van der Waals surface area contributed by atoms with Crippen molar-refractivity contribution in [2.75, 3.05) is 33.7 Å². The van der Waals surface area contributed by atoms with Gasteiger partial charge >= 0.3 is 0 Å². The molecule has 4 heteroatoms. The molecule has 0 radical (unpaired) electrons. The predicted octanol–water partition coefficient (Wildman–Crippen LogP) is 0.624. The molecule has 0 atom stereocenters. The maximum Gasteiger partial charge on any atom is 0.251 e. The van der Waals surface area contributed by atoms with Crippen LogP contribution < -0.4 is 10.6 Å². The number of nitrogens with one attached hydrogen (secondary N) is 2. The highest BCUT2D eigenvalue weighted by Gasteiger charge is 2.16. The summed E-state index contributed by atoms with van der Waals surface area (Å²) >= 11 is 0. The summed E-state index contributed by atoms with van der Waals surface area (Å²) < 4.78 is 0. The number of carbonyl (C=O) groups excluding carboxylic acids is 1. The quantitative estimate of drug-likeness (QED) is 0.820. The molecule has 4 nitrogen and oxygen atoms in total. The molecule has 98 valence electrons. The van der Waals surface area contributed by atoms with E-state index in [2.05, 4.69) is 21.6 Å². The lowest BCUT2D eigenvalue weighted by molar-refractivity contribution is 0.0950. The van der Waals surface area contributed by atoms with Crippen LogP contribution in [0.4, 0.5) is 0 Å². The summed E-state index contributed by atoms with van der Waals surface area (Å²) in [4.78, 5) is 14.2. The minimum absolute atomic E-state index is 0.0515. The Balaban J connectivity index is 2.06. The first-order valence-corrected chi connectivity index (χ1v) is 6.43. The van der Waals surface area contributed by atoms with Crippen LogP contribution in [0.1, 0.15) is 21.5 Å². The third-order valence-corrected chi connectivity index (χ3v) is 3.23. The molecule has 1 aliphatic heterocycles. The average Bonchev–Trinajstić information content (AvgIpc) is 2.37. The maximum absolute atomic E-state index is 12.1. The van der Waals surface area contributed by atoms with E-state index >= 15 is 0 Å². The lowest BCUT2D eigenvalue weighted by Crippen LogP contribution is -2.33. The van der Waals surface area contributed by atoms with Crippen molar-refractivity contribution in [3.8, 4) is 0 Å². The van der Waals surface area contributed by atoms with Gasteiger partial charge in [-0.1, -0.05) is 12.1 Å². The van der Waals surface area contributed by atoms with Gasteiger partial charge in [0.2, 0.25) is 0 Å². The van der Waals surface area contributed by atoms with Crippen LogP contribution in [0.25, 0.3) is 0 Å². The number of nitrogens with zero attached hydrogens (tertiary/aromatic N) is 1. The minimum atomic E-state index is 0.0515. The molecule has 18 heavy (non-hydrogen) atoms. The topological polar surface area (TPSA) is 44.4 Å². The molecular weight excluding hydrogens is 226 g/mol. The Morgan fingerprint density at radius 3 is 3.06 bits per heavy atom. The molecule has 1 aliphatic rings. The number of likely N-dealkylation sites (N-methyl/N-ethyl adjacent to an activating group) is 1. The number of rotatable bonds is 4. The largest absolute Gasteiger partial charge is 0.351 e. The number of amides is 1. The first kappa shape index (κ1) is 13.1. The van der Waals surface area contributed by atoms with Gasteiger partial charge in [0, 0.05) is 25.2 Å². The van der Waals surface area contributed by atoms with Crippen molar-refractivity contribution in [2.45, 2.75) is 13.0 Å². The highest BCUT2D eigenvalue weighted by molar-refractivity contribution is 5.96. The zero-order valence-electron chi connectivity index (χ0n) is 11.1. The number of hydrogen-bond acceptors (Lipinski definition) is 3. The smallest absolute Gasteiger partial charge is 0.251 e. The normalized spacial score (nSPS) is 14.4. The highest BCUT2D eigenvalue weighted by atomic mass is 16.1. The molecule has 0 spiro atoms. The zero-order valence-corrected chi connectivity index (χ0v) is 11.1. The lowest BCUT2D eigenvalue weighted by atomic mass is 9.95. The average molecular weight is 247 g/mol. The van der Waals surface area contributed by atoms with E-state index in [0.29, 0.717) is 6.54 Å². The van der Waals surface area contributed by atoms with Crippen LogP contribution in [0, 0.1) is 0 Å². The third-order valence-electron chi connectivity index (χ3n) is 3.23. The predicted molar refractivity (Wildman–Crippen MR) is 72.7 cm³/mol.